The molecule has 4 heteroatoms. The van der Waals surface area contributed by atoms with Gasteiger partial charge in [0.15, 0.2) is 0 Å². The van der Waals surface area contributed by atoms with Gasteiger partial charge in [-0.3, -0.25) is 4.90 Å². The normalized spacial score (nSPS) is 17.9. The molecule has 1 heterocycles. The van der Waals surface area contributed by atoms with Crippen LogP contribution in [-0.4, -0.2) is 29.1 Å². The van der Waals surface area contributed by atoms with Gasteiger partial charge in [0.2, 0.25) is 0 Å². The van der Waals surface area contributed by atoms with Crippen LogP contribution in [-0.2, 0) is 6.54 Å². The third-order valence-electron chi connectivity index (χ3n) is 4.48. The first kappa shape index (κ1) is 16.0. The smallest absolute Gasteiger partial charge is 0.338 e. The van der Waals surface area contributed by atoms with E-state index in [0.717, 1.165) is 37.4 Å². The molecule has 21 heavy (non-hydrogen) atoms. The van der Waals surface area contributed by atoms with Crippen molar-refractivity contribution in [2.75, 3.05) is 13.1 Å². The lowest BCUT2D eigenvalue weighted by Gasteiger charge is -2.38. The van der Waals surface area contributed by atoms with E-state index in [1.54, 1.807) is 6.07 Å². The highest BCUT2D eigenvalue weighted by Gasteiger charge is 2.28. The molecule has 0 aromatic heterocycles. The zero-order valence-corrected chi connectivity index (χ0v) is 13.0. The van der Waals surface area contributed by atoms with Gasteiger partial charge in [-0.1, -0.05) is 26.8 Å². The quantitative estimate of drug-likeness (QED) is 0.922. The molecule has 1 aliphatic heterocycles. The summed E-state index contributed by atoms with van der Waals surface area (Å²) < 4.78 is 13.4. The minimum absolute atomic E-state index is 0.239. The highest BCUT2D eigenvalue weighted by molar-refractivity contribution is 5.88. The fourth-order valence-electron chi connectivity index (χ4n) is 3.05. The van der Waals surface area contributed by atoms with Gasteiger partial charge >= 0.3 is 5.97 Å². The van der Waals surface area contributed by atoms with E-state index in [1.165, 1.54) is 12.1 Å². The number of piperidine rings is 1. The predicted octanol–water partition coefficient (Wildman–Crippen LogP) is 3.78. The van der Waals surface area contributed by atoms with E-state index in [9.17, 15) is 9.18 Å². The number of carboxylic acid groups (broad SMARTS) is 1. The number of benzene rings is 1. The minimum Gasteiger partial charge on any atom is -0.478 e. The average Bonchev–Trinajstić information content (AvgIpc) is 2.40. The number of aromatic carboxylic acids is 1. The van der Waals surface area contributed by atoms with Crippen LogP contribution < -0.4 is 0 Å². The molecule has 0 spiro atoms. The first-order valence-electron chi connectivity index (χ1n) is 7.51. The molecule has 2 rings (SSSR count). The molecule has 1 aromatic carbocycles. The number of likely N-dealkylation sites (tertiary alicyclic amines) is 1. The zero-order valence-electron chi connectivity index (χ0n) is 13.0. The van der Waals surface area contributed by atoms with Crippen molar-refractivity contribution < 1.29 is 14.3 Å². The fourth-order valence-corrected chi connectivity index (χ4v) is 3.05. The van der Waals surface area contributed by atoms with Crippen molar-refractivity contribution >= 4 is 5.97 Å². The van der Waals surface area contributed by atoms with Crippen molar-refractivity contribution in [3.63, 3.8) is 0 Å². The van der Waals surface area contributed by atoms with Crippen LogP contribution in [0.2, 0.25) is 0 Å². The summed E-state index contributed by atoms with van der Waals surface area (Å²) in [5.41, 5.74) is 0.971. The maximum atomic E-state index is 13.4. The summed E-state index contributed by atoms with van der Waals surface area (Å²) in [5.74, 6) is -1.14. The van der Waals surface area contributed by atoms with Gasteiger partial charge in [0.25, 0.3) is 0 Å². The Morgan fingerprint density at radius 1 is 1.33 bits per heavy atom. The number of rotatable bonds is 3. The van der Waals surface area contributed by atoms with E-state index in [0.29, 0.717) is 12.0 Å². The van der Waals surface area contributed by atoms with Gasteiger partial charge < -0.3 is 5.11 Å². The first-order chi connectivity index (χ1) is 9.77. The Hall–Kier alpha value is -1.42. The minimum atomic E-state index is -1.21. The molecule has 1 aliphatic rings. The van der Waals surface area contributed by atoms with Crippen LogP contribution >= 0.6 is 0 Å². The van der Waals surface area contributed by atoms with E-state index < -0.39 is 11.8 Å². The standard InChI is InChI=1S/C17H24FNO2/c1-17(2,3)13-6-8-19(9-7-13)11-12-4-5-15(18)14(10-12)16(20)21/h4-5,10,13H,6-9,11H2,1-3H3,(H,20,21). The molecule has 0 aliphatic carbocycles. The lowest BCUT2D eigenvalue weighted by molar-refractivity contribution is 0.0691. The molecule has 3 nitrogen and oxygen atoms in total. The van der Waals surface area contributed by atoms with Crippen LogP contribution in [0.15, 0.2) is 18.2 Å². The Morgan fingerprint density at radius 2 is 1.95 bits per heavy atom. The third-order valence-corrected chi connectivity index (χ3v) is 4.48. The molecule has 0 saturated carbocycles. The second-order valence-electron chi connectivity index (χ2n) is 7.04. The first-order valence-corrected chi connectivity index (χ1v) is 7.51. The lowest BCUT2D eigenvalue weighted by Crippen LogP contribution is -2.37. The van der Waals surface area contributed by atoms with Crippen LogP contribution in [0.5, 0.6) is 0 Å². The van der Waals surface area contributed by atoms with E-state index in [-0.39, 0.29) is 5.56 Å². The molecule has 0 amide bonds. The van der Waals surface area contributed by atoms with E-state index in [2.05, 4.69) is 25.7 Å². The number of hydrogen-bond acceptors (Lipinski definition) is 2. The summed E-state index contributed by atoms with van der Waals surface area (Å²) in [5, 5.41) is 8.97. The van der Waals surface area contributed by atoms with Gasteiger partial charge in [-0.2, -0.15) is 0 Å². The third kappa shape index (κ3) is 4.03. The summed E-state index contributed by atoms with van der Waals surface area (Å²) in [6, 6.07) is 4.38. The Morgan fingerprint density at radius 3 is 2.48 bits per heavy atom. The van der Waals surface area contributed by atoms with Crippen LogP contribution in [0.1, 0.15) is 49.5 Å². The summed E-state index contributed by atoms with van der Waals surface area (Å²) in [7, 11) is 0. The number of carboxylic acids is 1. The SMILES string of the molecule is CC(C)(C)C1CCN(Cc2ccc(F)c(C(=O)O)c2)CC1. The highest BCUT2D eigenvalue weighted by atomic mass is 19.1. The molecular formula is C17H24FNO2. The van der Waals surface area contributed by atoms with E-state index >= 15 is 0 Å². The molecule has 0 atom stereocenters. The fraction of sp³-hybridized carbons (Fsp3) is 0.588. The van der Waals surface area contributed by atoms with Gasteiger partial charge in [0, 0.05) is 6.54 Å². The van der Waals surface area contributed by atoms with Crippen molar-refractivity contribution in [3.8, 4) is 0 Å². The summed E-state index contributed by atoms with van der Waals surface area (Å²) in [6.45, 7) is 9.58. The van der Waals surface area contributed by atoms with Crippen molar-refractivity contribution in [2.24, 2.45) is 11.3 Å². The van der Waals surface area contributed by atoms with Crippen LogP contribution in [0.3, 0.4) is 0 Å². The van der Waals surface area contributed by atoms with Gasteiger partial charge in [-0.05, 0) is 55.0 Å². The van der Waals surface area contributed by atoms with Gasteiger partial charge in [0.1, 0.15) is 5.82 Å². The Kier molecular flexibility index (Phi) is 4.67. The number of nitrogens with zero attached hydrogens (tertiary/aromatic N) is 1. The molecule has 1 fully saturated rings. The summed E-state index contributed by atoms with van der Waals surface area (Å²) in [4.78, 5) is 13.3. The second-order valence-corrected chi connectivity index (χ2v) is 7.04. The van der Waals surface area contributed by atoms with Crippen molar-refractivity contribution in [1.82, 2.24) is 4.90 Å². The van der Waals surface area contributed by atoms with Gasteiger partial charge in [0.05, 0.1) is 5.56 Å². The average molecular weight is 293 g/mol. The van der Waals surface area contributed by atoms with Crippen LogP contribution in [0, 0.1) is 17.2 Å². The molecule has 1 saturated heterocycles. The zero-order chi connectivity index (χ0) is 15.6. The largest absolute Gasteiger partial charge is 0.478 e. The highest BCUT2D eigenvalue weighted by Crippen LogP contribution is 2.34. The van der Waals surface area contributed by atoms with Crippen LogP contribution in [0.25, 0.3) is 0 Å². The van der Waals surface area contributed by atoms with Gasteiger partial charge in [-0.15, -0.1) is 0 Å². The van der Waals surface area contributed by atoms with E-state index in [1.807, 2.05) is 0 Å². The Balaban J connectivity index is 1.98. The molecule has 0 radical (unpaired) electrons. The summed E-state index contributed by atoms with van der Waals surface area (Å²) in [6.07, 6.45) is 2.33. The maximum absolute atomic E-state index is 13.4. The topological polar surface area (TPSA) is 40.5 Å². The van der Waals surface area contributed by atoms with Gasteiger partial charge in [-0.25, -0.2) is 9.18 Å². The molecular weight excluding hydrogens is 269 g/mol. The monoisotopic (exact) mass is 293 g/mol. The molecule has 0 unspecified atom stereocenters. The Bertz CT molecular complexity index is 514. The van der Waals surface area contributed by atoms with Crippen molar-refractivity contribution in [1.29, 1.82) is 0 Å². The maximum Gasteiger partial charge on any atom is 0.338 e. The molecule has 1 aromatic rings. The molecule has 116 valence electrons. The molecule has 1 N–H and O–H groups in total. The summed E-state index contributed by atoms with van der Waals surface area (Å²) >= 11 is 0. The van der Waals surface area contributed by atoms with Crippen molar-refractivity contribution in [2.45, 2.75) is 40.2 Å². The Labute approximate surface area is 125 Å². The number of halogens is 1. The van der Waals surface area contributed by atoms with E-state index in [4.69, 9.17) is 5.11 Å². The number of hydrogen-bond donors (Lipinski definition) is 1. The molecule has 0 bridgehead atoms. The van der Waals surface area contributed by atoms with Crippen LogP contribution in [0.4, 0.5) is 4.39 Å². The predicted molar refractivity (Wildman–Crippen MR) is 80.8 cm³/mol. The lowest BCUT2D eigenvalue weighted by atomic mass is 9.75. The second kappa shape index (κ2) is 6.14. The van der Waals surface area contributed by atoms with Crippen molar-refractivity contribution in [3.05, 3.63) is 35.1 Å². The number of carbonyl (C=O) groups is 1.